The number of nitrogens with one attached hydrogen (secondary N) is 2. The summed E-state index contributed by atoms with van der Waals surface area (Å²) in [7, 11) is 0. The van der Waals surface area contributed by atoms with Gasteiger partial charge < -0.3 is 15.4 Å². The van der Waals surface area contributed by atoms with E-state index in [0.29, 0.717) is 11.6 Å². The van der Waals surface area contributed by atoms with Crippen LogP contribution in [0.3, 0.4) is 0 Å². The van der Waals surface area contributed by atoms with Crippen LogP contribution in [0, 0.1) is 5.92 Å². The Hall–Kier alpha value is -2.63. The van der Waals surface area contributed by atoms with E-state index < -0.39 is 0 Å². The minimum absolute atomic E-state index is 0.0513. The van der Waals surface area contributed by atoms with Gasteiger partial charge >= 0.3 is 0 Å². The minimum Gasteiger partial charge on any atom is -0.489 e. The van der Waals surface area contributed by atoms with Crippen LogP contribution in [0.5, 0.6) is 5.75 Å². The average Bonchev–Trinajstić information content (AvgIpc) is 2.65. The van der Waals surface area contributed by atoms with Gasteiger partial charge in [-0.3, -0.25) is 4.79 Å². The molecule has 1 aliphatic carbocycles. The Balaban J connectivity index is 1.62. The Morgan fingerprint density at radius 2 is 1.73 bits per heavy atom. The number of carbonyl (C=O) groups is 1. The summed E-state index contributed by atoms with van der Waals surface area (Å²) in [6.07, 6.45) is 5.50. The number of ether oxygens (including phenoxy) is 1. The highest BCUT2D eigenvalue weighted by Gasteiger charge is 2.21. The van der Waals surface area contributed by atoms with Gasteiger partial charge in [0, 0.05) is 5.92 Å². The summed E-state index contributed by atoms with van der Waals surface area (Å²) < 4.78 is 5.79. The summed E-state index contributed by atoms with van der Waals surface area (Å²) >= 11 is 0. The summed E-state index contributed by atoms with van der Waals surface area (Å²) in [5, 5.41) is 14.4. The third kappa shape index (κ3) is 4.94. The highest BCUT2D eigenvalue weighted by atomic mass is 16.5. The van der Waals surface area contributed by atoms with E-state index in [1.807, 2.05) is 38.1 Å². The lowest BCUT2D eigenvalue weighted by molar-refractivity contribution is -0.120. The van der Waals surface area contributed by atoms with E-state index in [1.54, 1.807) is 12.1 Å². The molecule has 138 valence electrons. The largest absolute Gasteiger partial charge is 0.489 e. The predicted molar refractivity (Wildman–Crippen MR) is 103 cm³/mol. The number of aromatic nitrogens is 2. The fourth-order valence-electron chi connectivity index (χ4n) is 3.12. The molecule has 2 aromatic rings. The number of hydrogen-bond donors (Lipinski definition) is 2. The van der Waals surface area contributed by atoms with E-state index in [-0.39, 0.29) is 17.9 Å². The molecule has 0 saturated heterocycles. The lowest BCUT2D eigenvalue weighted by atomic mass is 9.89. The maximum atomic E-state index is 12.3. The van der Waals surface area contributed by atoms with Crippen molar-refractivity contribution in [1.82, 2.24) is 10.2 Å². The zero-order valence-electron chi connectivity index (χ0n) is 15.4. The Morgan fingerprint density at radius 1 is 1.04 bits per heavy atom. The smallest absolute Gasteiger partial charge is 0.228 e. The minimum atomic E-state index is 0.0513. The predicted octanol–water partition coefficient (Wildman–Crippen LogP) is 4.53. The summed E-state index contributed by atoms with van der Waals surface area (Å²) in [5.74, 6) is 2.00. The number of carbonyl (C=O) groups excluding carboxylic acids is 1. The van der Waals surface area contributed by atoms with E-state index in [0.717, 1.165) is 37.1 Å². The maximum absolute atomic E-state index is 12.3. The number of rotatable bonds is 6. The molecule has 6 heteroatoms. The maximum Gasteiger partial charge on any atom is 0.228 e. The number of anilines is 3. The Bertz CT molecular complexity index is 725. The van der Waals surface area contributed by atoms with Crippen molar-refractivity contribution in [1.29, 1.82) is 0 Å². The second-order valence-corrected chi connectivity index (χ2v) is 6.92. The van der Waals surface area contributed by atoms with Crippen LogP contribution >= 0.6 is 0 Å². The molecule has 1 amide bonds. The zero-order valence-corrected chi connectivity index (χ0v) is 15.4. The summed E-state index contributed by atoms with van der Waals surface area (Å²) in [4.78, 5) is 12.3. The Labute approximate surface area is 154 Å². The van der Waals surface area contributed by atoms with Crippen LogP contribution < -0.4 is 15.4 Å². The monoisotopic (exact) mass is 354 g/mol. The van der Waals surface area contributed by atoms with Gasteiger partial charge in [0.15, 0.2) is 11.6 Å². The van der Waals surface area contributed by atoms with Crippen molar-refractivity contribution in [2.45, 2.75) is 52.1 Å². The van der Waals surface area contributed by atoms with Gasteiger partial charge in [-0.2, -0.15) is 0 Å². The highest BCUT2D eigenvalue weighted by molar-refractivity contribution is 5.91. The van der Waals surface area contributed by atoms with Crippen LogP contribution in [0.25, 0.3) is 0 Å². The van der Waals surface area contributed by atoms with Crippen molar-refractivity contribution < 1.29 is 9.53 Å². The topological polar surface area (TPSA) is 76.1 Å². The normalized spacial score (nSPS) is 14.9. The van der Waals surface area contributed by atoms with Crippen LogP contribution in [0.2, 0.25) is 0 Å². The van der Waals surface area contributed by atoms with Gasteiger partial charge in [-0.15, -0.1) is 10.2 Å². The molecule has 1 fully saturated rings. The van der Waals surface area contributed by atoms with Crippen LogP contribution in [0.15, 0.2) is 36.4 Å². The summed E-state index contributed by atoms with van der Waals surface area (Å²) in [5.41, 5.74) is 0.828. The van der Waals surface area contributed by atoms with E-state index in [1.165, 1.54) is 6.42 Å². The first-order chi connectivity index (χ1) is 12.6. The molecule has 2 N–H and O–H groups in total. The molecule has 6 nitrogen and oxygen atoms in total. The molecule has 1 aromatic heterocycles. The Kier molecular flexibility index (Phi) is 6.04. The zero-order chi connectivity index (χ0) is 18.4. The van der Waals surface area contributed by atoms with Crippen molar-refractivity contribution in [3.8, 4) is 5.75 Å². The standard InChI is InChI=1S/C20H26N4O2/c1-14(2)26-17-11-7-6-10-16(17)21-18-12-13-19(24-23-18)22-20(25)15-8-4-3-5-9-15/h6-7,10-15H,3-5,8-9H2,1-2H3,(H,21,23)(H,22,24,25). The fourth-order valence-corrected chi connectivity index (χ4v) is 3.12. The van der Waals surface area contributed by atoms with Crippen LogP contribution in [0.1, 0.15) is 46.0 Å². The molecule has 1 aliphatic rings. The first-order valence-electron chi connectivity index (χ1n) is 9.29. The fraction of sp³-hybridized carbons (Fsp3) is 0.450. The van der Waals surface area contributed by atoms with E-state index in [2.05, 4.69) is 20.8 Å². The Morgan fingerprint density at radius 3 is 2.42 bits per heavy atom. The van der Waals surface area contributed by atoms with Crippen molar-refractivity contribution in [3.63, 3.8) is 0 Å². The summed E-state index contributed by atoms with van der Waals surface area (Å²) in [6.45, 7) is 3.97. The van der Waals surface area contributed by atoms with Crippen molar-refractivity contribution >= 4 is 23.2 Å². The van der Waals surface area contributed by atoms with Crippen LogP contribution in [-0.2, 0) is 4.79 Å². The molecule has 0 atom stereocenters. The van der Waals surface area contributed by atoms with E-state index in [9.17, 15) is 4.79 Å². The third-order valence-corrected chi connectivity index (χ3v) is 4.40. The lowest BCUT2D eigenvalue weighted by Gasteiger charge is -2.20. The van der Waals surface area contributed by atoms with E-state index >= 15 is 0 Å². The van der Waals surface area contributed by atoms with Crippen LogP contribution in [0.4, 0.5) is 17.3 Å². The van der Waals surface area contributed by atoms with Crippen molar-refractivity contribution in [2.24, 2.45) is 5.92 Å². The number of nitrogens with zero attached hydrogens (tertiary/aromatic N) is 2. The molecule has 0 aliphatic heterocycles. The molecule has 3 rings (SSSR count). The second-order valence-electron chi connectivity index (χ2n) is 6.92. The van der Waals surface area contributed by atoms with Gasteiger partial charge in [0.25, 0.3) is 0 Å². The van der Waals surface area contributed by atoms with Gasteiger partial charge in [0.05, 0.1) is 11.8 Å². The lowest BCUT2D eigenvalue weighted by Crippen LogP contribution is -2.25. The molecule has 26 heavy (non-hydrogen) atoms. The second kappa shape index (κ2) is 8.65. The molecule has 0 unspecified atom stereocenters. The summed E-state index contributed by atoms with van der Waals surface area (Å²) in [6, 6.07) is 11.3. The van der Waals surface area contributed by atoms with Gasteiger partial charge in [0.2, 0.25) is 5.91 Å². The van der Waals surface area contributed by atoms with Crippen molar-refractivity contribution in [2.75, 3.05) is 10.6 Å². The van der Waals surface area contributed by atoms with Crippen LogP contribution in [-0.4, -0.2) is 22.2 Å². The molecule has 1 saturated carbocycles. The first-order valence-corrected chi connectivity index (χ1v) is 9.29. The number of hydrogen-bond acceptors (Lipinski definition) is 5. The van der Waals surface area contributed by atoms with Crippen molar-refractivity contribution in [3.05, 3.63) is 36.4 Å². The highest BCUT2D eigenvalue weighted by Crippen LogP contribution is 2.28. The SMILES string of the molecule is CC(C)Oc1ccccc1Nc1ccc(NC(=O)C2CCCCC2)nn1. The number of benzene rings is 1. The van der Waals surface area contributed by atoms with Gasteiger partial charge in [-0.1, -0.05) is 31.4 Å². The quantitative estimate of drug-likeness (QED) is 0.797. The molecule has 0 spiro atoms. The third-order valence-electron chi connectivity index (χ3n) is 4.40. The molecular formula is C20H26N4O2. The van der Waals surface area contributed by atoms with Gasteiger partial charge in [-0.05, 0) is 51.0 Å². The molecular weight excluding hydrogens is 328 g/mol. The number of para-hydroxylation sites is 2. The van der Waals surface area contributed by atoms with E-state index in [4.69, 9.17) is 4.74 Å². The first kappa shape index (κ1) is 18.2. The average molecular weight is 354 g/mol. The number of amides is 1. The molecule has 0 radical (unpaired) electrons. The van der Waals surface area contributed by atoms with Gasteiger partial charge in [0.1, 0.15) is 5.75 Å². The molecule has 1 heterocycles. The van der Waals surface area contributed by atoms with Gasteiger partial charge in [-0.25, -0.2) is 0 Å². The molecule has 0 bridgehead atoms. The molecule has 1 aromatic carbocycles.